The number of aliphatic hydroxyl groups is 1. The number of rotatable bonds is 6. The second-order valence-electron chi connectivity index (χ2n) is 5.53. The number of nitrogens with zero attached hydrogens (tertiary/aromatic N) is 2. The van der Waals surface area contributed by atoms with Crippen LogP contribution in [0.5, 0.6) is 0 Å². The van der Waals surface area contributed by atoms with Gasteiger partial charge in [0.15, 0.2) is 5.69 Å². The fraction of sp³-hybridized carbons (Fsp3) is 0.222. The summed E-state index contributed by atoms with van der Waals surface area (Å²) in [7, 11) is 0. The standard InChI is InChI=1S/C18H19N3O2S/c1-13(9-10-22)19-18(23)15-12-16(17-8-5-11-24-17)21(20-15)14-6-3-2-4-7-14/h2-8,11-13,22H,9-10H2,1H3,(H,19,23). The molecule has 0 aliphatic rings. The summed E-state index contributed by atoms with van der Waals surface area (Å²) in [5, 5.41) is 18.3. The van der Waals surface area contributed by atoms with E-state index in [0.717, 1.165) is 16.3 Å². The Bertz CT molecular complexity index is 797. The molecule has 0 aliphatic carbocycles. The number of aromatic nitrogens is 2. The van der Waals surface area contributed by atoms with Crippen molar-refractivity contribution in [1.82, 2.24) is 15.1 Å². The van der Waals surface area contributed by atoms with Crippen LogP contribution in [-0.4, -0.2) is 33.4 Å². The van der Waals surface area contributed by atoms with Gasteiger partial charge in [0.25, 0.3) is 5.91 Å². The SMILES string of the molecule is CC(CCO)NC(=O)c1cc(-c2cccs2)n(-c2ccccc2)n1. The zero-order chi connectivity index (χ0) is 16.9. The van der Waals surface area contributed by atoms with Gasteiger partial charge in [-0.3, -0.25) is 4.79 Å². The van der Waals surface area contributed by atoms with E-state index in [1.165, 1.54) is 0 Å². The Balaban J connectivity index is 1.96. The molecule has 6 heteroatoms. The molecule has 0 saturated carbocycles. The van der Waals surface area contributed by atoms with Crippen molar-refractivity contribution in [3.8, 4) is 16.3 Å². The van der Waals surface area contributed by atoms with Crippen molar-refractivity contribution in [2.24, 2.45) is 0 Å². The molecule has 1 aromatic carbocycles. The number of carbonyl (C=O) groups is 1. The van der Waals surface area contributed by atoms with Crippen molar-refractivity contribution in [2.75, 3.05) is 6.61 Å². The predicted molar refractivity (Wildman–Crippen MR) is 95.5 cm³/mol. The minimum atomic E-state index is -0.233. The summed E-state index contributed by atoms with van der Waals surface area (Å²) in [5.74, 6) is -0.233. The van der Waals surface area contributed by atoms with Gasteiger partial charge >= 0.3 is 0 Å². The van der Waals surface area contributed by atoms with Gasteiger partial charge in [-0.1, -0.05) is 24.3 Å². The number of thiophene rings is 1. The van der Waals surface area contributed by atoms with Gasteiger partial charge in [-0.15, -0.1) is 11.3 Å². The number of hydrogen-bond donors (Lipinski definition) is 2. The molecule has 1 unspecified atom stereocenters. The molecule has 0 fully saturated rings. The Morgan fingerprint density at radius 1 is 1.29 bits per heavy atom. The molecule has 0 aliphatic heterocycles. The lowest BCUT2D eigenvalue weighted by atomic mass is 10.2. The first-order chi connectivity index (χ1) is 11.7. The van der Waals surface area contributed by atoms with Gasteiger partial charge in [0.1, 0.15) is 0 Å². The van der Waals surface area contributed by atoms with E-state index < -0.39 is 0 Å². The molecule has 124 valence electrons. The van der Waals surface area contributed by atoms with E-state index >= 15 is 0 Å². The quantitative estimate of drug-likeness (QED) is 0.724. The number of aliphatic hydroxyl groups excluding tert-OH is 1. The van der Waals surface area contributed by atoms with Crippen LogP contribution in [0.2, 0.25) is 0 Å². The van der Waals surface area contributed by atoms with Crippen LogP contribution in [0.15, 0.2) is 53.9 Å². The first kappa shape index (κ1) is 16.4. The fourth-order valence-electron chi connectivity index (χ4n) is 2.42. The molecule has 24 heavy (non-hydrogen) atoms. The van der Waals surface area contributed by atoms with Gasteiger partial charge in [0, 0.05) is 12.6 Å². The third-order valence-electron chi connectivity index (χ3n) is 3.66. The molecule has 2 heterocycles. The highest BCUT2D eigenvalue weighted by atomic mass is 32.1. The van der Waals surface area contributed by atoms with E-state index in [1.807, 2.05) is 54.8 Å². The maximum Gasteiger partial charge on any atom is 0.272 e. The van der Waals surface area contributed by atoms with Crippen LogP contribution in [0.25, 0.3) is 16.3 Å². The van der Waals surface area contributed by atoms with Crippen LogP contribution < -0.4 is 5.32 Å². The molecule has 2 aromatic heterocycles. The van der Waals surface area contributed by atoms with Gasteiger partial charge in [0.2, 0.25) is 0 Å². The molecule has 1 amide bonds. The average molecular weight is 341 g/mol. The molecule has 0 radical (unpaired) electrons. The van der Waals surface area contributed by atoms with E-state index in [9.17, 15) is 4.79 Å². The smallest absolute Gasteiger partial charge is 0.272 e. The van der Waals surface area contributed by atoms with E-state index in [4.69, 9.17) is 5.11 Å². The van der Waals surface area contributed by atoms with Crippen LogP contribution >= 0.6 is 11.3 Å². The number of hydrogen-bond acceptors (Lipinski definition) is 4. The van der Waals surface area contributed by atoms with Crippen LogP contribution in [0.4, 0.5) is 0 Å². The Morgan fingerprint density at radius 2 is 2.08 bits per heavy atom. The number of nitrogens with one attached hydrogen (secondary N) is 1. The Morgan fingerprint density at radius 3 is 2.75 bits per heavy atom. The second-order valence-corrected chi connectivity index (χ2v) is 6.47. The van der Waals surface area contributed by atoms with E-state index in [2.05, 4.69) is 10.4 Å². The predicted octanol–water partition coefficient (Wildman–Crippen LogP) is 3.10. The molecule has 0 saturated heterocycles. The zero-order valence-electron chi connectivity index (χ0n) is 13.3. The Kier molecular flexibility index (Phi) is 5.08. The summed E-state index contributed by atoms with van der Waals surface area (Å²) in [6, 6.07) is 15.4. The lowest BCUT2D eigenvalue weighted by Gasteiger charge is -2.10. The molecule has 5 nitrogen and oxygen atoms in total. The molecule has 1 atom stereocenters. The monoisotopic (exact) mass is 341 g/mol. The van der Waals surface area contributed by atoms with E-state index in [0.29, 0.717) is 12.1 Å². The van der Waals surface area contributed by atoms with E-state index in [-0.39, 0.29) is 18.6 Å². The Labute approximate surface area is 144 Å². The van der Waals surface area contributed by atoms with Crippen LogP contribution in [0, 0.1) is 0 Å². The lowest BCUT2D eigenvalue weighted by Crippen LogP contribution is -2.33. The number of para-hydroxylation sites is 1. The molecule has 3 aromatic rings. The highest BCUT2D eigenvalue weighted by Crippen LogP contribution is 2.28. The summed E-state index contributed by atoms with van der Waals surface area (Å²) in [6.07, 6.45) is 0.517. The summed E-state index contributed by atoms with van der Waals surface area (Å²) in [5.41, 5.74) is 2.16. The van der Waals surface area contributed by atoms with Gasteiger partial charge in [-0.05, 0) is 43.0 Å². The van der Waals surface area contributed by atoms with Gasteiger partial charge in [-0.2, -0.15) is 5.10 Å². The number of carbonyl (C=O) groups excluding carboxylic acids is 1. The van der Waals surface area contributed by atoms with Crippen molar-refractivity contribution >= 4 is 17.2 Å². The number of benzene rings is 1. The van der Waals surface area contributed by atoms with Crippen molar-refractivity contribution in [2.45, 2.75) is 19.4 Å². The lowest BCUT2D eigenvalue weighted by molar-refractivity contribution is 0.0929. The van der Waals surface area contributed by atoms with Crippen molar-refractivity contribution < 1.29 is 9.90 Å². The first-order valence-electron chi connectivity index (χ1n) is 7.80. The van der Waals surface area contributed by atoms with Gasteiger partial charge < -0.3 is 10.4 Å². The van der Waals surface area contributed by atoms with Crippen molar-refractivity contribution in [3.05, 3.63) is 59.6 Å². The zero-order valence-corrected chi connectivity index (χ0v) is 14.2. The summed E-state index contributed by atoms with van der Waals surface area (Å²) >= 11 is 1.61. The highest BCUT2D eigenvalue weighted by Gasteiger charge is 2.18. The van der Waals surface area contributed by atoms with Crippen molar-refractivity contribution in [3.63, 3.8) is 0 Å². The molecule has 2 N–H and O–H groups in total. The van der Waals surface area contributed by atoms with Gasteiger partial charge in [-0.25, -0.2) is 4.68 Å². The third kappa shape index (κ3) is 3.55. The summed E-state index contributed by atoms with van der Waals surface area (Å²) in [4.78, 5) is 13.5. The van der Waals surface area contributed by atoms with Gasteiger partial charge in [0.05, 0.1) is 16.3 Å². The van der Waals surface area contributed by atoms with Crippen LogP contribution in [0.1, 0.15) is 23.8 Å². The average Bonchev–Trinajstić information content (AvgIpc) is 3.25. The third-order valence-corrected chi connectivity index (χ3v) is 4.55. The Hall–Kier alpha value is -2.44. The minimum Gasteiger partial charge on any atom is -0.396 e. The largest absolute Gasteiger partial charge is 0.396 e. The number of amides is 1. The van der Waals surface area contributed by atoms with Crippen LogP contribution in [0.3, 0.4) is 0 Å². The highest BCUT2D eigenvalue weighted by molar-refractivity contribution is 7.13. The molecule has 0 spiro atoms. The van der Waals surface area contributed by atoms with Crippen molar-refractivity contribution in [1.29, 1.82) is 0 Å². The maximum atomic E-state index is 12.4. The second kappa shape index (κ2) is 7.42. The normalized spacial score (nSPS) is 12.1. The van der Waals surface area contributed by atoms with E-state index in [1.54, 1.807) is 22.1 Å². The fourth-order valence-corrected chi connectivity index (χ4v) is 3.15. The maximum absolute atomic E-state index is 12.4. The topological polar surface area (TPSA) is 67.2 Å². The van der Waals surface area contributed by atoms with Crippen LogP contribution in [-0.2, 0) is 0 Å². The molecular weight excluding hydrogens is 322 g/mol. The summed E-state index contributed by atoms with van der Waals surface area (Å²) < 4.78 is 1.79. The summed E-state index contributed by atoms with van der Waals surface area (Å²) in [6.45, 7) is 1.91. The molecular formula is C18H19N3O2S. The molecule has 0 bridgehead atoms. The first-order valence-corrected chi connectivity index (χ1v) is 8.68. The molecule has 3 rings (SSSR count). The minimum absolute atomic E-state index is 0.0420.